The van der Waals surface area contributed by atoms with E-state index in [4.69, 9.17) is 22.1 Å². The Bertz CT molecular complexity index is 283. The third kappa shape index (κ3) is 4.97. The summed E-state index contributed by atoms with van der Waals surface area (Å²) in [7, 11) is 0. The molecule has 0 aromatic carbocycles. The van der Waals surface area contributed by atoms with Gasteiger partial charge in [0, 0.05) is 32.1 Å². The molecule has 1 aromatic heterocycles. The van der Waals surface area contributed by atoms with Crippen LogP contribution in [0.1, 0.15) is 6.42 Å². The second kappa shape index (κ2) is 7.45. The van der Waals surface area contributed by atoms with Crippen LogP contribution in [0.5, 0.6) is 0 Å². The van der Waals surface area contributed by atoms with Gasteiger partial charge >= 0.3 is 0 Å². The lowest BCUT2D eigenvalue weighted by Crippen LogP contribution is -2.11. The Labute approximate surface area is 94.8 Å². The highest BCUT2D eigenvalue weighted by Gasteiger charge is 1.97. The van der Waals surface area contributed by atoms with Crippen molar-refractivity contribution in [3.63, 3.8) is 0 Å². The zero-order chi connectivity index (χ0) is 10.9. The van der Waals surface area contributed by atoms with Crippen LogP contribution in [-0.2, 0) is 4.74 Å². The molecule has 1 heterocycles. The molecule has 0 radical (unpaired) electrons. The highest BCUT2D eigenvalue weighted by molar-refractivity contribution is 6.33. The first-order chi connectivity index (χ1) is 7.34. The van der Waals surface area contributed by atoms with Crippen LogP contribution in [0.15, 0.2) is 18.5 Å². The molecule has 4 nitrogen and oxygen atoms in total. The number of pyridine rings is 1. The Hall–Kier alpha value is -0.840. The van der Waals surface area contributed by atoms with Gasteiger partial charge in [-0.2, -0.15) is 0 Å². The van der Waals surface area contributed by atoms with E-state index in [2.05, 4.69) is 10.3 Å². The van der Waals surface area contributed by atoms with Gasteiger partial charge in [0.25, 0.3) is 0 Å². The molecule has 0 amide bonds. The lowest BCUT2D eigenvalue weighted by Gasteiger charge is -2.07. The summed E-state index contributed by atoms with van der Waals surface area (Å²) in [5.41, 5.74) is 6.20. The summed E-state index contributed by atoms with van der Waals surface area (Å²) < 4.78 is 5.24. The summed E-state index contributed by atoms with van der Waals surface area (Å²) in [5.74, 6) is 0. The average Bonchev–Trinajstić information content (AvgIpc) is 2.25. The van der Waals surface area contributed by atoms with Gasteiger partial charge in [-0.1, -0.05) is 11.6 Å². The minimum absolute atomic E-state index is 0.573. The normalized spacial score (nSPS) is 10.3. The number of nitrogens with two attached hydrogens (primary N) is 1. The molecule has 0 aliphatic rings. The van der Waals surface area contributed by atoms with Gasteiger partial charge in [0.05, 0.1) is 17.3 Å². The van der Waals surface area contributed by atoms with Crippen molar-refractivity contribution in [1.82, 2.24) is 4.98 Å². The Morgan fingerprint density at radius 1 is 1.47 bits per heavy atom. The van der Waals surface area contributed by atoms with Crippen molar-refractivity contribution in [2.24, 2.45) is 5.73 Å². The Kier molecular flexibility index (Phi) is 6.08. The first-order valence-electron chi connectivity index (χ1n) is 4.96. The van der Waals surface area contributed by atoms with E-state index in [9.17, 15) is 0 Å². The molecule has 15 heavy (non-hydrogen) atoms. The van der Waals surface area contributed by atoms with Crippen LogP contribution in [-0.4, -0.2) is 31.3 Å². The van der Waals surface area contributed by atoms with E-state index in [1.54, 1.807) is 12.4 Å². The van der Waals surface area contributed by atoms with Gasteiger partial charge < -0.3 is 15.8 Å². The largest absolute Gasteiger partial charge is 0.384 e. The summed E-state index contributed by atoms with van der Waals surface area (Å²) in [5, 5.41) is 3.85. The van der Waals surface area contributed by atoms with E-state index in [-0.39, 0.29) is 0 Å². The molecule has 1 rings (SSSR count). The number of hydrogen-bond acceptors (Lipinski definition) is 4. The Balaban J connectivity index is 2.12. The number of anilines is 1. The summed E-state index contributed by atoms with van der Waals surface area (Å²) in [4.78, 5) is 3.90. The molecule has 0 bridgehead atoms. The number of nitrogens with zero attached hydrogens (tertiary/aromatic N) is 1. The maximum Gasteiger partial charge on any atom is 0.0820 e. The quantitative estimate of drug-likeness (QED) is 0.696. The molecule has 0 unspecified atom stereocenters. The molecule has 0 fully saturated rings. The summed E-state index contributed by atoms with van der Waals surface area (Å²) in [6, 6.07) is 1.85. The first kappa shape index (κ1) is 12.2. The van der Waals surface area contributed by atoms with Gasteiger partial charge in [-0.3, -0.25) is 4.98 Å². The fourth-order valence-electron chi connectivity index (χ4n) is 1.10. The molecule has 0 saturated heterocycles. The molecule has 5 heteroatoms. The van der Waals surface area contributed by atoms with Crippen molar-refractivity contribution in [2.75, 3.05) is 31.6 Å². The number of nitrogens with one attached hydrogen (secondary N) is 1. The van der Waals surface area contributed by atoms with Crippen LogP contribution in [0.4, 0.5) is 5.69 Å². The number of aromatic nitrogens is 1. The molecule has 0 aliphatic carbocycles. The summed E-state index contributed by atoms with van der Waals surface area (Å²) in [6.07, 6.45) is 4.26. The van der Waals surface area contributed by atoms with Crippen LogP contribution < -0.4 is 11.1 Å². The van der Waals surface area contributed by atoms with Crippen molar-refractivity contribution in [3.05, 3.63) is 23.5 Å². The first-order valence-corrected chi connectivity index (χ1v) is 5.33. The number of halogens is 1. The maximum absolute atomic E-state index is 5.91. The molecule has 84 valence electrons. The summed E-state index contributed by atoms with van der Waals surface area (Å²) in [6.45, 7) is 2.74. The van der Waals surface area contributed by atoms with E-state index in [1.165, 1.54) is 0 Å². The molecule has 0 atom stereocenters. The second-order valence-corrected chi connectivity index (χ2v) is 3.44. The smallest absolute Gasteiger partial charge is 0.0820 e. The second-order valence-electron chi connectivity index (χ2n) is 3.04. The predicted molar refractivity (Wildman–Crippen MR) is 62.2 cm³/mol. The van der Waals surface area contributed by atoms with E-state index >= 15 is 0 Å². The van der Waals surface area contributed by atoms with E-state index in [1.807, 2.05) is 6.07 Å². The fraction of sp³-hybridized carbons (Fsp3) is 0.500. The van der Waals surface area contributed by atoms with E-state index in [0.29, 0.717) is 24.8 Å². The molecule has 0 aliphatic heterocycles. The van der Waals surface area contributed by atoms with Crippen molar-refractivity contribution in [1.29, 1.82) is 0 Å². The minimum atomic E-state index is 0.573. The van der Waals surface area contributed by atoms with Gasteiger partial charge in [-0.05, 0) is 12.5 Å². The fourth-order valence-corrected chi connectivity index (χ4v) is 1.29. The number of rotatable bonds is 7. The van der Waals surface area contributed by atoms with Gasteiger partial charge in [0.1, 0.15) is 0 Å². The van der Waals surface area contributed by atoms with Crippen molar-refractivity contribution in [2.45, 2.75) is 6.42 Å². The molecular formula is C10H16ClN3O. The lowest BCUT2D eigenvalue weighted by molar-refractivity contribution is 0.141. The predicted octanol–water partition coefficient (Wildman–Crippen LogP) is 1.51. The van der Waals surface area contributed by atoms with Gasteiger partial charge in [-0.25, -0.2) is 0 Å². The van der Waals surface area contributed by atoms with E-state index in [0.717, 1.165) is 18.7 Å². The topological polar surface area (TPSA) is 60.2 Å². The number of ether oxygens (including phenoxy) is 1. The Morgan fingerprint density at radius 3 is 3.07 bits per heavy atom. The average molecular weight is 230 g/mol. The SMILES string of the molecule is NCCOCCCNc1ccncc1Cl. The van der Waals surface area contributed by atoms with Crippen molar-refractivity contribution >= 4 is 17.3 Å². The van der Waals surface area contributed by atoms with E-state index < -0.39 is 0 Å². The maximum atomic E-state index is 5.91. The van der Waals surface area contributed by atoms with Crippen molar-refractivity contribution in [3.8, 4) is 0 Å². The Morgan fingerprint density at radius 2 is 2.33 bits per heavy atom. The van der Waals surface area contributed by atoms with Crippen molar-refractivity contribution < 1.29 is 4.74 Å². The highest BCUT2D eigenvalue weighted by Crippen LogP contribution is 2.18. The molecule has 0 saturated carbocycles. The minimum Gasteiger partial charge on any atom is -0.384 e. The highest BCUT2D eigenvalue weighted by atomic mass is 35.5. The standard InChI is InChI=1S/C10H16ClN3O/c11-9-8-13-5-2-10(9)14-4-1-6-15-7-3-12/h2,5,8H,1,3-4,6-7,12H2,(H,13,14). The molecule has 1 aromatic rings. The molecule has 0 spiro atoms. The van der Waals surface area contributed by atoms with Crippen LogP contribution in [0.25, 0.3) is 0 Å². The van der Waals surface area contributed by atoms with Gasteiger partial charge in [-0.15, -0.1) is 0 Å². The molecule has 3 N–H and O–H groups in total. The third-order valence-electron chi connectivity index (χ3n) is 1.82. The van der Waals surface area contributed by atoms with Gasteiger partial charge in [0.2, 0.25) is 0 Å². The van der Waals surface area contributed by atoms with Gasteiger partial charge in [0.15, 0.2) is 0 Å². The number of hydrogen-bond donors (Lipinski definition) is 2. The summed E-state index contributed by atoms with van der Waals surface area (Å²) >= 11 is 5.91. The lowest BCUT2D eigenvalue weighted by atomic mass is 10.3. The molecular weight excluding hydrogens is 214 g/mol. The monoisotopic (exact) mass is 229 g/mol. The zero-order valence-electron chi connectivity index (χ0n) is 8.58. The van der Waals surface area contributed by atoms with Crippen LogP contribution in [0.2, 0.25) is 5.02 Å². The van der Waals surface area contributed by atoms with Crippen LogP contribution >= 0.6 is 11.6 Å². The zero-order valence-corrected chi connectivity index (χ0v) is 9.33. The third-order valence-corrected chi connectivity index (χ3v) is 2.12. The van der Waals surface area contributed by atoms with Crippen LogP contribution in [0.3, 0.4) is 0 Å². The van der Waals surface area contributed by atoms with Crippen LogP contribution in [0, 0.1) is 0 Å².